The molecule has 2 rings (SSSR count). The molecule has 0 radical (unpaired) electrons. The highest BCUT2D eigenvalue weighted by atomic mass is 127. The summed E-state index contributed by atoms with van der Waals surface area (Å²) in [6.45, 7) is 2.00. The van der Waals surface area contributed by atoms with E-state index in [2.05, 4.69) is 34.7 Å². The Hall–Kier alpha value is -0.600. The highest BCUT2D eigenvalue weighted by Gasteiger charge is 2.07. The van der Waals surface area contributed by atoms with Crippen molar-refractivity contribution in [2.45, 2.75) is 6.92 Å². The van der Waals surface area contributed by atoms with Crippen molar-refractivity contribution < 1.29 is 0 Å². The number of fused-ring (bicyclic) bond motifs is 1. The van der Waals surface area contributed by atoms with Gasteiger partial charge in [-0.15, -0.1) is 11.3 Å². The van der Waals surface area contributed by atoms with Gasteiger partial charge in [-0.25, -0.2) is 0 Å². The van der Waals surface area contributed by atoms with Gasteiger partial charge in [-0.2, -0.15) is 5.26 Å². The lowest BCUT2D eigenvalue weighted by molar-refractivity contribution is 1.48. The van der Waals surface area contributed by atoms with Crippen molar-refractivity contribution in [2.24, 2.45) is 0 Å². The van der Waals surface area contributed by atoms with Gasteiger partial charge in [0.05, 0.1) is 5.56 Å². The molecule has 0 N–H and O–H groups in total. The Morgan fingerprint density at radius 1 is 1.46 bits per heavy atom. The third kappa shape index (κ3) is 1.45. The van der Waals surface area contributed by atoms with E-state index in [1.54, 1.807) is 11.3 Å². The Morgan fingerprint density at radius 3 is 2.92 bits per heavy atom. The molecular formula is C10H6INS. The molecule has 0 aliphatic rings. The molecule has 64 valence electrons. The maximum atomic E-state index is 8.93. The van der Waals surface area contributed by atoms with E-state index < -0.39 is 0 Å². The minimum Gasteiger partial charge on any atom is -0.192 e. The van der Waals surface area contributed by atoms with Crippen LogP contribution >= 0.6 is 33.9 Å². The lowest BCUT2D eigenvalue weighted by Gasteiger charge is -1.90. The van der Waals surface area contributed by atoms with Gasteiger partial charge in [0.25, 0.3) is 0 Å². The molecule has 1 aromatic carbocycles. The van der Waals surface area contributed by atoms with Crippen molar-refractivity contribution in [1.82, 2.24) is 0 Å². The van der Waals surface area contributed by atoms with E-state index >= 15 is 0 Å². The summed E-state index contributed by atoms with van der Waals surface area (Å²) in [5.41, 5.74) is 0.830. The second-order valence-electron chi connectivity index (χ2n) is 2.79. The zero-order valence-corrected chi connectivity index (χ0v) is 9.94. The monoisotopic (exact) mass is 299 g/mol. The van der Waals surface area contributed by atoms with E-state index in [-0.39, 0.29) is 0 Å². The van der Waals surface area contributed by atoms with Gasteiger partial charge in [0.2, 0.25) is 0 Å². The van der Waals surface area contributed by atoms with Crippen LogP contribution in [0.5, 0.6) is 0 Å². The van der Waals surface area contributed by atoms with Crippen molar-refractivity contribution in [3.8, 4) is 6.07 Å². The molecule has 0 spiro atoms. The van der Waals surface area contributed by atoms with Gasteiger partial charge in [-0.05, 0) is 41.6 Å². The van der Waals surface area contributed by atoms with Gasteiger partial charge < -0.3 is 0 Å². The molecule has 2 aromatic rings. The predicted molar refractivity (Wildman–Crippen MR) is 64.0 cm³/mol. The van der Waals surface area contributed by atoms with E-state index in [9.17, 15) is 0 Å². The smallest absolute Gasteiger partial charge is 0.101 e. The third-order valence-electron chi connectivity index (χ3n) is 1.94. The topological polar surface area (TPSA) is 23.8 Å². The summed E-state index contributed by atoms with van der Waals surface area (Å²) in [6.07, 6.45) is 0. The normalized spacial score (nSPS) is 10.2. The van der Waals surface area contributed by atoms with E-state index in [1.807, 2.05) is 19.1 Å². The summed E-state index contributed by atoms with van der Waals surface area (Å²) in [7, 11) is 0. The van der Waals surface area contributed by atoms with E-state index in [4.69, 9.17) is 5.26 Å². The molecule has 0 saturated carbocycles. The van der Waals surface area contributed by atoms with E-state index in [0.29, 0.717) is 0 Å². The number of nitrogens with zero attached hydrogens (tertiary/aromatic N) is 1. The number of nitriles is 1. The SMILES string of the molecule is Cc1sc2cc(I)ccc2c1C#N. The Bertz CT molecular complexity index is 507. The van der Waals surface area contributed by atoms with Gasteiger partial charge >= 0.3 is 0 Å². The quantitative estimate of drug-likeness (QED) is 0.681. The Balaban J connectivity index is 2.88. The fourth-order valence-electron chi connectivity index (χ4n) is 1.33. The minimum atomic E-state index is 0.830. The minimum absolute atomic E-state index is 0.830. The van der Waals surface area contributed by atoms with E-state index in [1.165, 1.54) is 8.27 Å². The average molecular weight is 299 g/mol. The largest absolute Gasteiger partial charge is 0.192 e. The van der Waals surface area contributed by atoms with Gasteiger partial charge in [0, 0.05) is 18.5 Å². The van der Waals surface area contributed by atoms with Gasteiger partial charge in [-0.3, -0.25) is 0 Å². The molecule has 0 fully saturated rings. The van der Waals surface area contributed by atoms with Crippen LogP contribution in [-0.2, 0) is 0 Å². The lowest BCUT2D eigenvalue weighted by atomic mass is 10.1. The Labute approximate surface area is 94.1 Å². The standard InChI is InChI=1S/C10H6INS/c1-6-9(5-12)8-3-2-7(11)4-10(8)13-6/h2-4H,1H3. The molecule has 0 aliphatic heterocycles. The molecule has 0 atom stereocenters. The summed E-state index contributed by atoms with van der Waals surface area (Å²) >= 11 is 3.97. The lowest BCUT2D eigenvalue weighted by Crippen LogP contribution is -1.73. The third-order valence-corrected chi connectivity index (χ3v) is 3.68. The molecule has 0 aliphatic carbocycles. The summed E-state index contributed by atoms with van der Waals surface area (Å²) in [5, 5.41) is 10.0. The van der Waals surface area contributed by atoms with Crippen molar-refractivity contribution in [2.75, 3.05) is 0 Å². The number of hydrogen-bond donors (Lipinski definition) is 0. The fourth-order valence-corrected chi connectivity index (χ4v) is 3.09. The first kappa shape index (κ1) is 8.97. The van der Waals surface area contributed by atoms with Crippen LogP contribution in [0.2, 0.25) is 0 Å². The van der Waals surface area contributed by atoms with Crippen LogP contribution < -0.4 is 0 Å². The van der Waals surface area contributed by atoms with Crippen molar-refractivity contribution in [3.05, 3.63) is 32.2 Å². The second kappa shape index (κ2) is 3.28. The van der Waals surface area contributed by atoms with Crippen molar-refractivity contribution >= 4 is 44.0 Å². The zero-order valence-electron chi connectivity index (χ0n) is 6.97. The number of halogens is 1. The first-order chi connectivity index (χ1) is 6.22. The summed E-state index contributed by atoms with van der Waals surface area (Å²) in [4.78, 5) is 1.11. The molecule has 3 heteroatoms. The maximum Gasteiger partial charge on any atom is 0.101 e. The molecule has 13 heavy (non-hydrogen) atoms. The first-order valence-corrected chi connectivity index (χ1v) is 5.70. The van der Waals surface area contributed by atoms with Crippen LogP contribution in [-0.4, -0.2) is 0 Å². The number of thiophene rings is 1. The molecule has 0 amide bonds. The Morgan fingerprint density at radius 2 is 2.23 bits per heavy atom. The molecule has 0 bridgehead atoms. The van der Waals surface area contributed by atoms with Crippen LogP contribution in [0.15, 0.2) is 18.2 Å². The highest BCUT2D eigenvalue weighted by molar-refractivity contribution is 14.1. The zero-order chi connectivity index (χ0) is 9.42. The van der Waals surface area contributed by atoms with Gasteiger partial charge in [0.1, 0.15) is 6.07 Å². The highest BCUT2D eigenvalue weighted by Crippen LogP contribution is 2.31. The van der Waals surface area contributed by atoms with Crippen LogP contribution in [0.25, 0.3) is 10.1 Å². The summed E-state index contributed by atoms with van der Waals surface area (Å²) in [5.74, 6) is 0. The number of benzene rings is 1. The van der Waals surface area contributed by atoms with Crippen LogP contribution in [0.3, 0.4) is 0 Å². The van der Waals surface area contributed by atoms with Gasteiger partial charge in [-0.1, -0.05) is 6.07 Å². The predicted octanol–water partition coefficient (Wildman–Crippen LogP) is 3.69. The molecule has 0 unspecified atom stereocenters. The average Bonchev–Trinajstić information content (AvgIpc) is 2.39. The van der Waals surface area contributed by atoms with E-state index in [0.717, 1.165) is 15.8 Å². The maximum absolute atomic E-state index is 8.93. The molecule has 1 heterocycles. The Kier molecular flexibility index (Phi) is 2.26. The molecule has 1 nitrogen and oxygen atoms in total. The summed E-state index contributed by atoms with van der Waals surface area (Å²) in [6, 6.07) is 8.43. The number of hydrogen-bond acceptors (Lipinski definition) is 2. The number of aryl methyl sites for hydroxylation is 1. The van der Waals surface area contributed by atoms with Crippen LogP contribution in [0.4, 0.5) is 0 Å². The van der Waals surface area contributed by atoms with Gasteiger partial charge in [0.15, 0.2) is 0 Å². The molecule has 0 saturated heterocycles. The van der Waals surface area contributed by atoms with Crippen molar-refractivity contribution in [1.29, 1.82) is 5.26 Å². The van der Waals surface area contributed by atoms with Crippen LogP contribution in [0, 0.1) is 21.8 Å². The number of rotatable bonds is 0. The molecule has 1 aromatic heterocycles. The molecular weight excluding hydrogens is 293 g/mol. The fraction of sp³-hybridized carbons (Fsp3) is 0.100. The van der Waals surface area contributed by atoms with Crippen LogP contribution in [0.1, 0.15) is 10.4 Å². The summed E-state index contributed by atoms with van der Waals surface area (Å²) < 4.78 is 2.43. The first-order valence-electron chi connectivity index (χ1n) is 3.81. The van der Waals surface area contributed by atoms with Crippen molar-refractivity contribution in [3.63, 3.8) is 0 Å². The second-order valence-corrected chi connectivity index (χ2v) is 5.29.